The highest BCUT2D eigenvalue weighted by Crippen LogP contribution is 2.37. The highest BCUT2D eigenvalue weighted by Gasteiger charge is 2.47. The summed E-state index contributed by atoms with van der Waals surface area (Å²) in [7, 11) is 1.65. The fourth-order valence-corrected chi connectivity index (χ4v) is 5.67. The van der Waals surface area contributed by atoms with Crippen molar-refractivity contribution in [3.05, 3.63) is 83.5 Å². The Labute approximate surface area is 199 Å². The van der Waals surface area contributed by atoms with E-state index in [0.717, 1.165) is 41.7 Å². The highest BCUT2D eigenvalue weighted by atomic mass is 35.5. The van der Waals surface area contributed by atoms with Crippen molar-refractivity contribution in [3.8, 4) is 5.75 Å². The van der Waals surface area contributed by atoms with E-state index < -0.39 is 6.10 Å². The molecule has 3 aliphatic heterocycles. The van der Waals surface area contributed by atoms with Gasteiger partial charge in [-0.3, -0.25) is 4.98 Å². The second kappa shape index (κ2) is 9.16. The van der Waals surface area contributed by atoms with Crippen LogP contribution in [0.25, 0.3) is 10.9 Å². The monoisotopic (exact) mass is 463 g/mol. The number of quaternary nitrogens is 1. The van der Waals surface area contributed by atoms with Gasteiger partial charge in [0, 0.05) is 40.9 Å². The zero-order valence-electron chi connectivity index (χ0n) is 18.7. The third-order valence-corrected chi connectivity index (χ3v) is 7.54. The number of rotatable bonds is 6. The molecule has 0 saturated carbocycles. The predicted molar refractivity (Wildman–Crippen MR) is 129 cm³/mol. The maximum atomic E-state index is 13.2. The molecule has 1 unspecified atom stereocenters. The Bertz CT molecular complexity index is 1180. The summed E-state index contributed by atoms with van der Waals surface area (Å²) >= 11 is 6.02. The third kappa shape index (κ3) is 4.23. The van der Waals surface area contributed by atoms with Gasteiger partial charge in [-0.2, -0.15) is 0 Å². The van der Waals surface area contributed by atoms with E-state index in [4.69, 9.17) is 21.1 Å². The molecule has 2 bridgehead atoms. The number of hydrogen-bond acceptors (Lipinski definition) is 4. The van der Waals surface area contributed by atoms with Crippen molar-refractivity contribution in [2.45, 2.75) is 25.0 Å². The molecule has 33 heavy (non-hydrogen) atoms. The Morgan fingerprint density at radius 2 is 2.06 bits per heavy atom. The van der Waals surface area contributed by atoms with Crippen LogP contribution in [0.2, 0.25) is 5.02 Å². The van der Waals surface area contributed by atoms with Gasteiger partial charge >= 0.3 is 5.97 Å². The molecule has 1 aromatic heterocycles. The molecule has 170 valence electrons. The maximum Gasteiger partial charge on any atom is 0.338 e. The van der Waals surface area contributed by atoms with Crippen LogP contribution < -0.4 is 9.64 Å². The Hall–Kier alpha value is -2.89. The largest absolute Gasteiger partial charge is 0.497 e. The second-order valence-electron chi connectivity index (χ2n) is 9.02. The molecule has 5 atom stereocenters. The molecule has 6 heteroatoms. The number of pyridine rings is 1. The van der Waals surface area contributed by atoms with Gasteiger partial charge in [0.2, 0.25) is 0 Å². The molecule has 3 fully saturated rings. The number of aromatic nitrogens is 1. The van der Waals surface area contributed by atoms with Gasteiger partial charge in [-0.25, -0.2) is 4.79 Å². The first-order chi connectivity index (χ1) is 16.1. The predicted octanol–water partition coefficient (Wildman–Crippen LogP) is 4.27. The molecule has 4 heterocycles. The Balaban J connectivity index is 1.56. The average Bonchev–Trinajstić information content (AvgIpc) is 2.87. The first-order valence-electron chi connectivity index (χ1n) is 11.4. The van der Waals surface area contributed by atoms with Crippen LogP contribution in [0.3, 0.4) is 0 Å². The van der Waals surface area contributed by atoms with Crippen molar-refractivity contribution in [2.24, 2.45) is 11.8 Å². The van der Waals surface area contributed by atoms with E-state index in [1.807, 2.05) is 24.3 Å². The Morgan fingerprint density at radius 1 is 1.24 bits per heavy atom. The fraction of sp³-hybridized carbons (Fsp3) is 0.333. The first kappa shape index (κ1) is 21.9. The number of hydrogen-bond donors (Lipinski definition) is 1. The summed E-state index contributed by atoms with van der Waals surface area (Å²) in [5, 5.41) is 1.54. The van der Waals surface area contributed by atoms with Crippen LogP contribution in [0.5, 0.6) is 5.75 Å². The van der Waals surface area contributed by atoms with Gasteiger partial charge in [0.05, 0.1) is 31.3 Å². The van der Waals surface area contributed by atoms with Gasteiger partial charge in [-0.15, -0.1) is 6.58 Å². The van der Waals surface area contributed by atoms with Crippen LogP contribution in [-0.2, 0) is 4.74 Å². The second-order valence-corrected chi connectivity index (χ2v) is 9.46. The molecule has 0 aliphatic carbocycles. The lowest BCUT2D eigenvalue weighted by Gasteiger charge is -2.48. The number of esters is 1. The van der Waals surface area contributed by atoms with E-state index >= 15 is 0 Å². The molecule has 0 spiro atoms. The van der Waals surface area contributed by atoms with E-state index in [2.05, 4.69) is 17.6 Å². The van der Waals surface area contributed by atoms with E-state index in [9.17, 15) is 4.79 Å². The zero-order valence-corrected chi connectivity index (χ0v) is 19.4. The molecule has 3 aliphatic rings. The highest BCUT2D eigenvalue weighted by molar-refractivity contribution is 6.30. The summed E-state index contributed by atoms with van der Waals surface area (Å²) in [5.74, 6) is 1.51. The summed E-state index contributed by atoms with van der Waals surface area (Å²) < 4.78 is 11.8. The number of piperidine rings is 3. The van der Waals surface area contributed by atoms with Gasteiger partial charge in [-0.1, -0.05) is 17.7 Å². The number of carbonyl (C=O) groups is 1. The number of carbonyl (C=O) groups excluding carboxylic acids is 1. The lowest BCUT2D eigenvalue weighted by atomic mass is 9.73. The topological polar surface area (TPSA) is 52.9 Å². The minimum Gasteiger partial charge on any atom is -0.497 e. The van der Waals surface area contributed by atoms with Gasteiger partial charge in [-0.05, 0) is 54.4 Å². The smallest absolute Gasteiger partial charge is 0.338 e. The quantitative estimate of drug-likeness (QED) is 0.438. The molecule has 3 saturated heterocycles. The van der Waals surface area contributed by atoms with Crippen molar-refractivity contribution >= 4 is 28.5 Å². The molecule has 6 rings (SSSR count). The van der Waals surface area contributed by atoms with Gasteiger partial charge < -0.3 is 14.4 Å². The minimum atomic E-state index is -0.394. The van der Waals surface area contributed by atoms with Gasteiger partial charge in [0.1, 0.15) is 11.8 Å². The van der Waals surface area contributed by atoms with Gasteiger partial charge in [0.25, 0.3) is 0 Å². The standard InChI is InChI=1S/C27H27ClN2O3/c1-3-17-16-30-13-11-19(17)14-25(30)26(33-27(31)18-4-6-20(28)7-5-18)22-10-12-29-24-9-8-21(32-2)15-23(22)24/h3-10,12,15,17,19,25-26H,1,11,13-14,16H2,2H3/p+1/t17-,19-,25-,26+/m0/s1. The van der Waals surface area contributed by atoms with Crippen molar-refractivity contribution in [1.29, 1.82) is 0 Å². The van der Waals surface area contributed by atoms with Crippen molar-refractivity contribution in [3.63, 3.8) is 0 Å². The molecule has 3 aromatic rings. The number of ether oxygens (including phenoxy) is 2. The normalized spacial score (nSPS) is 24.9. The summed E-state index contributed by atoms with van der Waals surface area (Å²) in [6, 6.07) is 14.8. The number of nitrogens with one attached hydrogen (secondary N) is 1. The van der Waals surface area contributed by atoms with E-state index in [1.165, 1.54) is 11.3 Å². The minimum absolute atomic E-state index is 0.174. The van der Waals surface area contributed by atoms with Gasteiger partial charge in [0.15, 0.2) is 6.10 Å². The Morgan fingerprint density at radius 3 is 2.76 bits per heavy atom. The number of fused-ring (bicyclic) bond motifs is 4. The van der Waals surface area contributed by atoms with Crippen molar-refractivity contribution in [1.82, 2.24) is 4.98 Å². The van der Waals surface area contributed by atoms with Crippen LogP contribution in [0.15, 0.2) is 67.4 Å². The SMILES string of the molecule is C=C[C@H]1C[NH+]2CC[C@H]1C[C@H]2[C@H](OC(=O)c1ccc(Cl)cc1)c1ccnc2ccc(OC)cc12. The lowest BCUT2D eigenvalue weighted by Crippen LogP contribution is -3.20. The van der Waals surface area contributed by atoms with Crippen LogP contribution >= 0.6 is 11.6 Å². The van der Waals surface area contributed by atoms with Crippen LogP contribution in [0.4, 0.5) is 0 Å². The van der Waals surface area contributed by atoms with E-state index in [-0.39, 0.29) is 12.0 Å². The number of halogens is 1. The maximum absolute atomic E-state index is 13.2. The molecular weight excluding hydrogens is 436 g/mol. The Kier molecular flexibility index (Phi) is 6.09. The number of methoxy groups -OCH3 is 1. The van der Waals surface area contributed by atoms with Crippen molar-refractivity contribution in [2.75, 3.05) is 20.2 Å². The zero-order chi connectivity index (χ0) is 22.9. The van der Waals surface area contributed by atoms with Crippen LogP contribution in [0, 0.1) is 11.8 Å². The van der Waals surface area contributed by atoms with E-state index in [1.54, 1.807) is 37.6 Å². The van der Waals surface area contributed by atoms with Crippen LogP contribution in [-0.4, -0.2) is 37.2 Å². The summed E-state index contributed by atoms with van der Waals surface area (Å²) in [4.78, 5) is 19.2. The summed E-state index contributed by atoms with van der Waals surface area (Å²) in [6.45, 7) is 6.17. The molecule has 1 N–H and O–H groups in total. The fourth-order valence-electron chi connectivity index (χ4n) is 5.55. The first-order valence-corrected chi connectivity index (χ1v) is 11.8. The lowest BCUT2D eigenvalue weighted by molar-refractivity contribution is -0.949. The average molecular weight is 464 g/mol. The van der Waals surface area contributed by atoms with Crippen molar-refractivity contribution < 1.29 is 19.2 Å². The molecule has 0 amide bonds. The molecular formula is C27H28ClN2O3+. The summed E-state index contributed by atoms with van der Waals surface area (Å²) in [5.41, 5.74) is 2.33. The van der Waals surface area contributed by atoms with Crippen LogP contribution in [0.1, 0.15) is 34.9 Å². The molecule has 0 radical (unpaired) electrons. The molecule has 5 nitrogen and oxygen atoms in total. The number of benzene rings is 2. The summed E-state index contributed by atoms with van der Waals surface area (Å²) in [6.07, 6.45) is 5.69. The number of nitrogens with zero attached hydrogens (tertiary/aromatic N) is 1. The van der Waals surface area contributed by atoms with E-state index in [0.29, 0.717) is 22.4 Å². The third-order valence-electron chi connectivity index (χ3n) is 7.29. The molecule has 2 aromatic carbocycles.